The molecule has 0 heterocycles. The van der Waals surface area contributed by atoms with Crippen molar-refractivity contribution in [2.24, 2.45) is 0 Å². The number of hydrogen-bond donors (Lipinski definition) is 1. The highest BCUT2D eigenvalue weighted by Gasteiger charge is 2.25. The highest BCUT2D eigenvalue weighted by Crippen LogP contribution is 2.15. The molecule has 0 fully saturated rings. The zero-order valence-corrected chi connectivity index (χ0v) is 48.0. The number of hydrogen-bond acceptors (Lipinski definition) is 7. The van der Waals surface area contributed by atoms with Gasteiger partial charge in [0.25, 0.3) is 6.29 Å². The number of likely N-dealkylation sites (N-methyl/N-ethyl adjacent to an activating group) is 1. The summed E-state index contributed by atoms with van der Waals surface area (Å²) in [6.45, 7) is 4.73. The Morgan fingerprint density at radius 2 is 0.770 bits per heavy atom. The largest absolute Gasteiger partial charge is 0.477 e. The van der Waals surface area contributed by atoms with E-state index in [2.05, 4.69) is 123 Å². The summed E-state index contributed by atoms with van der Waals surface area (Å²) in [7, 11) is 5.96. The molecule has 0 rings (SSSR count). The normalized spacial score (nSPS) is 13.6. The number of carboxylic acid groups (broad SMARTS) is 1. The fourth-order valence-corrected chi connectivity index (χ4v) is 7.77. The number of esters is 2. The van der Waals surface area contributed by atoms with Gasteiger partial charge in [0.1, 0.15) is 13.2 Å². The molecule has 0 aromatic carbocycles. The van der Waals surface area contributed by atoms with Gasteiger partial charge in [0.15, 0.2) is 6.10 Å². The fraction of sp³-hybridized carbons (Fsp3) is 0.677. The Balaban J connectivity index is 4.08. The van der Waals surface area contributed by atoms with Crippen LogP contribution in [0.4, 0.5) is 0 Å². The van der Waals surface area contributed by atoms with E-state index < -0.39 is 24.3 Å². The molecule has 9 heteroatoms. The SMILES string of the molecule is CC/C=C\C/C=C\C/C=C\C/C=C\C/C=C\C/C=C\C/C=C\C/C=C\C/C=C\CCCCCCCCCCCCCC(=O)OC(COC(=O)CCCCCCCCCCCC)COC(OCC[N+](C)(C)C)C(=O)O. The van der Waals surface area contributed by atoms with Gasteiger partial charge in [-0.2, -0.15) is 0 Å². The second kappa shape index (κ2) is 55.2. The number of carbonyl (C=O) groups is 3. The summed E-state index contributed by atoms with van der Waals surface area (Å²) in [5, 5.41) is 9.67. The standard InChI is InChI=1S/C65H109NO8/c1-6-8-10-12-14-16-18-19-20-21-22-23-24-25-26-27-28-29-30-31-32-33-34-35-36-37-38-39-40-41-42-43-44-45-46-48-50-52-54-56-63(68)74-61(60-73-65(64(69)70)71-58-57-66(3,4)5)59-72-62(67)55-53-51-49-47-17-15-13-11-9-7-2/h8,10,14,16,19-20,22-23,25-26,28-29,31-32,34-35,37-38,61,65H,6-7,9,11-13,15,17-18,21,24,27,30,33,36,39-60H2,1-5H3/p+1/b10-8-,16-14-,20-19-,23-22-,26-25-,29-28-,32-31-,35-34-,38-37-. The minimum atomic E-state index is -1.51. The number of quaternary nitrogens is 1. The summed E-state index contributed by atoms with van der Waals surface area (Å²) >= 11 is 0. The monoisotopic (exact) mass is 1030 g/mol. The molecule has 0 saturated carbocycles. The molecule has 74 heavy (non-hydrogen) atoms. The van der Waals surface area contributed by atoms with Gasteiger partial charge >= 0.3 is 17.9 Å². The first-order chi connectivity index (χ1) is 36.1. The van der Waals surface area contributed by atoms with Crippen molar-refractivity contribution in [2.75, 3.05) is 47.5 Å². The summed E-state index contributed by atoms with van der Waals surface area (Å²) in [6, 6.07) is 0. The van der Waals surface area contributed by atoms with Gasteiger partial charge < -0.3 is 28.5 Å². The van der Waals surface area contributed by atoms with E-state index in [-0.39, 0.29) is 32.2 Å². The van der Waals surface area contributed by atoms with E-state index in [9.17, 15) is 19.5 Å². The molecule has 0 aliphatic rings. The number of ether oxygens (including phenoxy) is 4. The Hall–Kier alpha value is -4.05. The maximum Gasteiger partial charge on any atom is 0.361 e. The zero-order chi connectivity index (χ0) is 54.1. The number of allylic oxidation sites excluding steroid dienone is 18. The minimum Gasteiger partial charge on any atom is -0.477 e. The Labute approximate surface area is 454 Å². The van der Waals surface area contributed by atoms with E-state index in [0.29, 0.717) is 23.9 Å². The summed E-state index contributed by atoms with van der Waals surface area (Å²) < 4.78 is 22.8. The lowest BCUT2D eigenvalue weighted by Gasteiger charge is -2.25. The number of rotatable bonds is 53. The first-order valence-electron chi connectivity index (χ1n) is 29.6. The minimum absolute atomic E-state index is 0.184. The predicted molar refractivity (Wildman–Crippen MR) is 313 cm³/mol. The van der Waals surface area contributed by atoms with Crippen molar-refractivity contribution < 1.29 is 42.9 Å². The van der Waals surface area contributed by atoms with Crippen molar-refractivity contribution in [1.82, 2.24) is 0 Å². The van der Waals surface area contributed by atoms with E-state index >= 15 is 0 Å². The summed E-state index contributed by atoms with van der Waals surface area (Å²) in [6.07, 6.45) is 73.3. The highest BCUT2D eigenvalue weighted by atomic mass is 16.7. The maximum absolute atomic E-state index is 12.8. The molecule has 2 atom stereocenters. The maximum atomic E-state index is 12.8. The smallest absolute Gasteiger partial charge is 0.361 e. The van der Waals surface area contributed by atoms with Gasteiger partial charge in [-0.1, -0.05) is 239 Å². The molecule has 0 bridgehead atoms. The second-order valence-electron chi connectivity index (χ2n) is 20.6. The van der Waals surface area contributed by atoms with Gasteiger partial charge in [-0.25, -0.2) is 4.79 Å². The van der Waals surface area contributed by atoms with Crippen LogP contribution in [0.3, 0.4) is 0 Å². The van der Waals surface area contributed by atoms with Crippen LogP contribution in [0.5, 0.6) is 0 Å². The number of carboxylic acids is 1. The second-order valence-corrected chi connectivity index (χ2v) is 20.6. The van der Waals surface area contributed by atoms with E-state index in [1.54, 1.807) is 0 Å². The number of unbranched alkanes of at least 4 members (excludes halogenated alkanes) is 20. The molecule has 422 valence electrons. The summed E-state index contributed by atoms with van der Waals surface area (Å²) in [5.74, 6) is -2.02. The van der Waals surface area contributed by atoms with Gasteiger partial charge in [0, 0.05) is 12.8 Å². The lowest BCUT2D eigenvalue weighted by molar-refractivity contribution is -0.870. The molecule has 0 saturated heterocycles. The van der Waals surface area contributed by atoms with Crippen molar-refractivity contribution in [2.45, 2.75) is 238 Å². The van der Waals surface area contributed by atoms with Gasteiger partial charge in [-0.15, -0.1) is 0 Å². The Kier molecular flexibility index (Phi) is 52.2. The molecule has 0 spiro atoms. The molecular weight excluding hydrogens is 923 g/mol. The van der Waals surface area contributed by atoms with Crippen molar-refractivity contribution >= 4 is 17.9 Å². The molecule has 0 aromatic rings. The summed E-state index contributed by atoms with van der Waals surface area (Å²) in [4.78, 5) is 37.2. The summed E-state index contributed by atoms with van der Waals surface area (Å²) in [5.41, 5.74) is 0. The van der Waals surface area contributed by atoms with Crippen LogP contribution in [0.15, 0.2) is 109 Å². The van der Waals surface area contributed by atoms with Crippen LogP contribution in [0.25, 0.3) is 0 Å². The van der Waals surface area contributed by atoms with Gasteiger partial charge in [0.05, 0.1) is 34.4 Å². The third-order valence-electron chi connectivity index (χ3n) is 12.3. The lowest BCUT2D eigenvalue weighted by atomic mass is 10.0. The van der Waals surface area contributed by atoms with Crippen molar-refractivity contribution in [3.05, 3.63) is 109 Å². The zero-order valence-electron chi connectivity index (χ0n) is 48.0. The predicted octanol–water partition coefficient (Wildman–Crippen LogP) is 17.5. The van der Waals surface area contributed by atoms with Crippen LogP contribution < -0.4 is 0 Å². The molecule has 0 aromatic heterocycles. The molecule has 1 N–H and O–H groups in total. The molecular formula is C65H110NO8+. The molecule has 2 unspecified atom stereocenters. The molecule has 0 radical (unpaired) electrons. The highest BCUT2D eigenvalue weighted by molar-refractivity contribution is 5.71. The van der Waals surface area contributed by atoms with Crippen LogP contribution in [0.1, 0.15) is 226 Å². The first kappa shape index (κ1) is 70.0. The molecule has 0 amide bonds. The number of carbonyl (C=O) groups excluding carboxylic acids is 2. The average molecular weight is 1030 g/mol. The van der Waals surface area contributed by atoms with Crippen LogP contribution in [0.2, 0.25) is 0 Å². The fourth-order valence-electron chi connectivity index (χ4n) is 7.77. The third-order valence-corrected chi connectivity index (χ3v) is 12.3. The van der Waals surface area contributed by atoms with E-state index in [1.165, 1.54) is 89.9 Å². The van der Waals surface area contributed by atoms with Crippen LogP contribution >= 0.6 is 0 Å². The van der Waals surface area contributed by atoms with Gasteiger partial charge in [-0.3, -0.25) is 9.59 Å². The van der Waals surface area contributed by atoms with E-state index in [1.807, 2.05) is 21.1 Å². The van der Waals surface area contributed by atoms with E-state index in [4.69, 9.17) is 18.9 Å². The molecule has 9 nitrogen and oxygen atoms in total. The Morgan fingerprint density at radius 1 is 0.419 bits per heavy atom. The average Bonchev–Trinajstić information content (AvgIpc) is 3.37. The molecule has 0 aliphatic carbocycles. The van der Waals surface area contributed by atoms with Gasteiger partial charge in [-0.05, 0) is 83.5 Å². The van der Waals surface area contributed by atoms with Crippen molar-refractivity contribution in [1.29, 1.82) is 0 Å². The van der Waals surface area contributed by atoms with Crippen LogP contribution in [0, 0.1) is 0 Å². The van der Waals surface area contributed by atoms with Crippen molar-refractivity contribution in [3.8, 4) is 0 Å². The van der Waals surface area contributed by atoms with E-state index in [0.717, 1.165) is 103 Å². The van der Waals surface area contributed by atoms with Crippen molar-refractivity contribution in [3.63, 3.8) is 0 Å². The number of aliphatic carboxylic acids is 1. The van der Waals surface area contributed by atoms with Crippen LogP contribution in [-0.2, 0) is 33.3 Å². The third kappa shape index (κ3) is 55.7. The number of nitrogens with zero attached hydrogens (tertiary/aromatic N) is 1. The Morgan fingerprint density at radius 3 is 1.15 bits per heavy atom. The molecule has 0 aliphatic heterocycles. The Bertz CT molecular complexity index is 1580. The topological polar surface area (TPSA) is 108 Å². The first-order valence-corrected chi connectivity index (χ1v) is 29.6. The quantitative estimate of drug-likeness (QED) is 0.0211. The van der Waals surface area contributed by atoms with Crippen LogP contribution in [-0.4, -0.2) is 87.4 Å². The lowest BCUT2D eigenvalue weighted by Crippen LogP contribution is -2.40. The van der Waals surface area contributed by atoms with Gasteiger partial charge in [0.2, 0.25) is 0 Å².